The fraction of sp³-hybridized carbons (Fsp3) is 0.409. The highest BCUT2D eigenvalue weighted by molar-refractivity contribution is 7.17. The number of nitrogens with one attached hydrogen (secondary N) is 1. The van der Waals surface area contributed by atoms with E-state index in [1.54, 1.807) is 17.4 Å². The van der Waals surface area contributed by atoms with Gasteiger partial charge in [-0.2, -0.15) is 4.98 Å². The summed E-state index contributed by atoms with van der Waals surface area (Å²) in [5.41, 5.74) is 2.16. The number of aromatic nitrogens is 2. The molecule has 1 N–H and O–H groups in total. The number of benzene rings is 1. The topological polar surface area (TPSA) is 67.3 Å². The molecule has 4 rings (SSSR count). The molecule has 1 aliphatic rings. The second-order valence-corrected chi connectivity index (χ2v) is 9.26. The molecule has 0 atom stereocenters. The molecule has 0 amide bonds. The largest absolute Gasteiger partial charge is 0.466 e. The van der Waals surface area contributed by atoms with Crippen molar-refractivity contribution in [3.8, 4) is 0 Å². The van der Waals surface area contributed by atoms with E-state index in [-0.39, 0.29) is 11.9 Å². The van der Waals surface area contributed by atoms with E-state index in [4.69, 9.17) is 37.9 Å². The molecule has 1 saturated heterocycles. The first-order valence-corrected chi connectivity index (χ1v) is 11.9. The molecule has 3 aromatic rings. The van der Waals surface area contributed by atoms with E-state index < -0.39 is 0 Å². The van der Waals surface area contributed by atoms with Crippen molar-refractivity contribution < 1.29 is 9.53 Å². The molecule has 2 aromatic heterocycles. The van der Waals surface area contributed by atoms with E-state index in [1.165, 1.54) is 0 Å². The van der Waals surface area contributed by atoms with Crippen molar-refractivity contribution in [1.82, 2.24) is 9.97 Å². The lowest BCUT2D eigenvalue weighted by molar-refractivity contribution is -0.148. The number of thiophene rings is 1. The number of esters is 1. The number of carbonyl (C=O) groups is 1. The van der Waals surface area contributed by atoms with Crippen LogP contribution < -0.4 is 10.2 Å². The molecule has 1 fully saturated rings. The maximum absolute atomic E-state index is 12.0. The fourth-order valence-electron chi connectivity index (χ4n) is 3.75. The third kappa shape index (κ3) is 4.89. The lowest BCUT2D eigenvalue weighted by Gasteiger charge is -2.31. The van der Waals surface area contributed by atoms with Crippen LogP contribution in [-0.4, -0.2) is 35.6 Å². The van der Waals surface area contributed by atoms with Gasteiger partial charge in [-0.05, 0) is 55.3 Å². The highest BCUT2D eigenvalue weighted by Crippen LogP contribution is 2.33. The van der Waals surface area contributed by atoms with Crippen molar-refractivity contribution in [1.29, 1.82) is 0 Å². The van der Waals surface area contributed by atoms with Crippen molar-refractivity contribution in [3.05, 3.63) is 44.8 Å². The summed E-state index contributed by atoms with van der Waals surface area (Å²) in [6, 6.07) is 5.60. The standard InChI is InChI=1S/C22H24Cl2N4O2S/c1-3-30-21(29)15-6-8-28(9-7-15)22-26-19(18-13(2)12-31-20(18)27-22)25-11-14-4-5-16(23)17(24)10-14/h4-5,10,12,15H,3,6-9,11H2,1-2H3,(H,25,26,27). The van der Waals surface area contributed by atoms with Gasteiger partial charge in [0.15, 0.2) is 0 Å². The third-order valence-corrected chi connectivity index (χ3v) is 7.18. The molecular weight excluding hydrogens is 455 g/mol. The lowest BCUT2D eigenvalue weighted by Crippen LogP contribution is -2.38. The van der Waals surface area contributed by atoms with Gasteiger partial charge in [-0.3, -0.25) is 4.79 Å². The van der Waals surface area contributed by atoms with Crippen LogP contribution in [0.25, 0.3) is 10.2 Å². The molecule has 31 heavy (non-hydrogen) atoms. The number of ether oxygens (including phenoxy) is 1. The van der Waals surface area contributed by atoms with E-state index in [0.717, 1.165) is 53.1 Å². The Morgan fingerprint density at radius 1 is 1.26 bits per heavy atom. The molecule has 0 spiro atoms. The Morgan fingerprint density at radius 2 is 2.03 bits per heavy atom. The van der Waals surface area contributed by atoms with E-state index in [2.05, 4.69) is 22.5 Å². The highest BCUT2D eigenvalue weighted by atomic mass is 35.5. The van der Waals surface area contributed by atoms with Crippen LogP contribution in [0.1, 0.15) is 30.9 Å². The van der Waals surface area contributed by atoms with Crippen molar-refractivity contribution in [2.24, 2.45) is 5.92 Å². The number of halogens is 2. The van der Waals surface area contributed by atoms with Crippen molar-refractivity contribution >= 4 is 62.5 Å². The van der Waals surface area contributed by atoms with Crippen LogP contribution in [0.5, 0.6) is 0 Å². The van der Waals surface area contributed by atoms with Crippen LogP contribution >= 0.6 is 34.5 Å². The minimum Gasteiger partial charge on any atom is -0.466 e. The zero-order valence-electron chi connectivity index (χ0n) is 17.5. The normalized spacial score (nSPS) is 14.8. The highest BCUT2D eigenvalue weighted by Gasteiger charge is 2.27. The average Bonchev–Trinajstić information content (AvgIpc) is 3.15. The van der Waals surface area contributed by atoms with Crippen LogP contribution in [0.15, 0.2) is 23.6 Å². The first kappa shape index (κ1) is 22.1. The van der Waals surface area contributed by atoms with Crippen LogP contribution in [-0.2, 0) is 16.1 Å². The summed E-state index contributed by atoms with van der Waals surface area (Å²) in [7, 11) is 0. The van der Waals surface area contributed by atoms with Gasteiger partial charge in [0, 0.05) is 19.6 Å². The quantitative estimate of drug-likeness (QED) is 0.458. The van der Waals surface area contributed by atoms with Gasteiger partial charge in [0.1, 0.15) is 10.6 Å². The summed E-state index contributed by atoms with van der Waals surface area (Å²) in [6.07, 6.45) is 1.49. The van der Waals surface area contributed by atoms with Gasteiger partial charge in [-0.25, -0.2) is 4.98 Å². The number of fused-ring (bicyclic) bond motifs is 1. The third-order valence-electron chi connectivity index (χ3n) is 5.45. The van der Waals surface area contributed by atoms with Gasteiger partial charge in [-0.15, -0.1) is 11.3 Å². The van der Waals surface area contributed by atoms with Crippen LogP contribution in [0.2, 0.25) is 10.0 Å². The summed E-state index contributed by atoms with van der Waals surface area (Å²) in [5, 5.41) is 7.66. The Morgan fingerprint density at radius 3 is 2.74 bits per heavy atom. The molecule has 0 unspecified atom stereocenters. The summed E-state index contributed by atoms with van der Waals surface area (Å²) in [6.45, 7) is 6.35. The zero-order chi connectivity index (χ0) is 22.0. The monoisotopic (exact) mass is 478 g/mol. The molecular formula is C22H24Cl2N4O2S. The average molecular weight is 479 g/mol. The van der Waals surface area contributed by atoms with Gasteiger partial charge in [0.05, 0.1) is 28.0 Å². The number of hydrogen-bond acceptors (Lipinski definition) is 7. The number of nitrogens with zero attached hydrogens (tertiary/aromatic N) is 3. The van der Waals surface area contributed by atoms with E-state index >= 15 is 0 Å². The minimum absolute atomic E-state index is 0.0452. The molecule has 3 heterocycles. The smallest absolute Gasteiger partial charge is 0.309 e. The number of anilines is 2. The Labute approximate surface area is 195 Å². The lowest BCUT2D eigenvalue weighted by atomic mass is 9.97. The van der Waals surface area contributed by atoms with Gasteiger partial charge in [0.2, 0.25) is 5.95 Å². The van der Waals surface area contributed by atoms with E-state index in [1.807, 2.05) is 19.1 Å². The molecule has 0 saturated carbocycles. The number of aryl methyl sites for hydroxylation is 1. The maximum atomic E-state index is 12.0. The number of piperidine rings is 1. The van der Waals surface area contributed by atoms with Gasteiger partial charge < -0.3 is 15.0 Å². The predicted molar refractivity (Wildman–Crippen MR) is 128 cm³/mol. The maximum Gasteiger partial charge on any atom is 0.309 e. The summed E-state index contributed by atoms with van der Waals surface area (Å²) in [4.78, 5) is 24.8. The van der Waals surface area contributed by atoms with Crippen LogP contribution in [0.3, 0.4) is 0 Å². The molecule has 0 radical (unpaired) electrons. The van der Waals surface area contributed by atoms with Gasteiger partial charge in [-0.1, -0.05) is 29.3 Å². The predicted octanol–water partition coefficient (Wildman–Crippen LogP) is 5.70. The van der Waals surface area contributed by atoms with Crippen molar-refractivity contribution in [2.75, 3.05) is 29.9 Å². The zero-order valence-corrected chi connectivity index (χ0v) is 19.8. The Balaban J connectivity index is 1.54. The second kappa shape index (κ2) is 9.59. The van der Waals surface area contributed by atoms with Crippen molar-refractivity contribution in [2.45, 2.75) is 33.2 Å². The number of carbonyl (C=O) groups excluding carboxylic acids is 1. The molecule has 9 heteroatoms. The SMILES string of the molecule is CCOC(=O)C1CCN(c2nc(NCc3ccc(Cl)c(Cl)c3)c3c(C)csc3n2)CC1. The van der Waals surface area contributed by atoms with Crippen molar-refractivity contribution in [3.63, 3.8) is 0 Å². The summed E-state index contributed by atoms with van der Waals surface area (Å²) < 4.78 is 5.18. The molecule has 1 aromatic carbocycles. The molecule has 1 aliphatic heterocycles. The first-order chi connectivity index (χ1) is 15.0. The van der Waals surface area contributed by atoms with Gasteiger partial charge in [0.25, 0.3) is 0 Å². The second-order valence-electron chi connectivity index (χ2n) is 7.59. The van der Waals surface area contributed by atoms with E-state index in [0.29, 0.717) is 29.1 Å². The van der Waals surface area contributed by atoms with Crippen LogP contribution in [0, 0.1) is 12.8 Å². The molecule has 164 valence electrons. The number of hydrogen-bond donors (Lipinski definition) is 1. The molecule has 6 nitrogen and oxygen atoms in total. The Hall–Kier alpha value is -2.09. The number of rotatable bonds is 6. The Kier molecular flexibility index (Phi) is 6.84. The van der Waals surface area contributed by atoms with Crippen LogP contribution in [0.4, 0.5) is 11.8 Å². The Bertz CT molecular complexity index is 1100. The van der Waals surface area contributed by atoms with E-state index in [9.17, 15) is 4.79 Å². The molecule has 0 bridgehead atoms. The van der Waals surface area contributed by atoms with Gasteiger partial charge >= 0.3 is 5.97 Å². The fourth-order valence-corrected chi connectivity index (χ4v) is 4.99. The first-order valence-electron chi connectivity index (χ1n) is 10.3. The molecule has 0 aliphatic carbocycles. The summed E-state index contributed by atoms with van der Waals surface area (Å²) in [5.74, 6) is 1.35. The minimum atomic E-state index is -0.101. The summed E-state index contributed by atoms with van der Waals surface area (Å²) >= 11 is 13.8.